The van der Waals surface area contributed by atoms with Crippen LogP contribution in [0.25, 0.3) is 0 Å². The number of nitrogens with zero attached hydrogens (tertiary/aromatic N) is 2. The summed E-state index contributed by atoms with van der Waals surface area (Å²) in [5.74, 6) is -1.51. The number of fused-ring (bicyclic) bond motifs is 1. The molecule has 0 aliphatic carbocycles. The number of aryl methyl sites for hydroxylation is 1. The van der Waals surface area contributed by atoms with Crippen molar-refractivity contribution in [2.24, 2.45) is 13.0 Å². The van der Waals surface area contributed by atoms with Gasteiger partial charge in [-0.15, -0.1) is 11.8 Å². The Bertz CT molecular complexity index is 717. The molecule has 7 nitrogen and oxygen atoms in total. The summed E-state index contributed by atoms with van der Waals surface area (Å²) in [5.41, 5.74) is 0.969. The number of anilines is 1. The Kier molecular flexibility index (Phi) is 5.01. The zero-order valence-electron chi connectivity index (χ0n) is 14.1. The molecule has 8 heteroatoms. The summed E-state index contributed by atoms with van der Waals surface area (Å²) in [4.78, 5) is 25.5. The first kappa shape index (κ1) is 17.8. The fraction of sp³-hybridized carbons (Fsp3) is 0.471. The average Bonchev–Trinajstić information content (AvgIpc) is 2.87. The number of carboxylic acid groups (broad SMARTS) is 1. The highest BCUT2D eigenvalue weighted by molar-refractivity contribution is 8.03. The lowest BCUT2D eigenvalue weighted by molar-refractivity contribution is -0.671. The van der Waals surface area contributed by atoms with Gasteiger partial charge in [-0.25, -0.2) is 4.57 Å². The highest BCUT2D eigenvalue weighted by Gasteiger charge is 2.55. The number of thioether (sulfide) groups is 1. The van der Waals surface area contributed by atoms with Gasteiger partial charge in [-0.2, -0.15) is 0 Å². The molecule has 1 aromatic heterocycles. The number of carbonyl (C=O) groups is 2. The Balaban J connectivity index is 1.59. The van der Waals surface area contributed by atoms with Crippen molar-refractivity contribution in [1.82, 2.24) is 4.90 Å². The fourth-order valence-corrected chi connectivity index (χ4v) is 4.40. The van der Waals surface area contributed by atoms with Crippen molar-refractivity contribution in [1.29, 1.82) is 0 Å². The van der Waals surface area contributed by atoms with Gasteiger partial charge in [0.05, 0.1) is 29.7 Å². The van der Waals surface area contributed by atoms with E-state index in [0.717, 1.165) is 5.69 Å². The number of hydrogen-bond donors (Lipinski definition) is 2. The van der Waals surface area contributed by atoms with Crippen molar-refractivity contribution in [2.45, 2.75) is 25.5 Å². The summed E-state index contributed by atoms with van der Waals surface area (Å²) < 4.78 is 1.94. The number of aromatic nitrogens is 1. The first-order chi connectivity index (χ1) is 11.9. The lowest BCUT2D eigenvalue weighted by Crippen LogP contribution is -2.62. The van der Waals surface area contributed by atoms with Crippen LogP contribution in [0.1, 0.15) is 13.3 Å². The molecule has 25 heavy (non-hydrogen) atoms. The first-order valence-corrected chi connectivity index (χ1v) is 9.16. The van der Waals surface area contributed by atoms with Crippen molar-refractivity contribution < 1.29 is 24.4 Å². The van der Waals surface area contributed by atoms with Crippen LogP contribution >= 0.6 is 11.8 Å². The SMILES string of the molecule is CC(O)[C@H]1C(=O)N2C(C(=O)[O-])=C(SCCNc3cc[n+](C)cc3)C[C@H]12. The minimum absolute atomic E-state index is 0.0244. The standard InChI is InChI=1S/C17H21N3O4S/c1-10(21)14-12-9-13(15(17(23)24)20(12)16(14)22)25-8-5-18-11-3-6-19(2)7-4-11/h3-4,6-7,10,12,14,21H,5,8-9H2,1-2H3,(H,23,24)/t10?,12-,14-/m1/s1. The molecule has 0 radical (unpaired) electrons. The van der Waals surface area contributed by atoms with Gasteiger partial charge in [0.15, 0.2) is 12.4 Å². The van der Waals surface area contributed by atoms with Gasteiger partial charge in [0, 0.05) is 41.4 Å². The van der Waals surface area contributed by atoms with E-state index in [0.29, 0.717) is 23.6 Å². The molecule has 0 spiro atoms. The molecule has 2 aliphatic rings. The lowest BCUT2D eigenvalue weighted by Gasteiger charge is -2.45. The maximum atomic E-state index is 12.1. The summed E-state index contributed by atoms with van der Waals surface area (Å²) in [6, 6.07) is 3.67. The van der Waals surface area contributed by atoms with Gasteiger partial charge in [0.25, 0.3) is 0 Å². The molecular weight excluding hydrogens is 342 g/mol. The summed E-state index contributed by atoms with van der Waals surface area (Å²) in [6.07, 6.45) is 3.57. The minimum Gasteiger partial charge on any atom is -0.543 e. The van der Waals surface area contributed by atoms with Crippen LogP contribution in [0.15, 0.2) is 35.1 Å². The Hall–Kier alpha value is -2.06. The molecule has 1 fully saturated rings. The fourth-order valence-electron chi connectivity index (χ4n) is 3.34. The van der Waals surface area contributed by atoms with Gasteiger partial charge >= 0.3 is 0 Å². The lowest BCUT2D eigenvalue weighted by atomic mass is 9.83. The van der Waals surface area contributed by atoms with Crippen LogP contribution in [-0.4, -0.2) is 46.3 Å². The van der Waals surface area contributed by atoms with Gasteiger partial charge < -0.3 is 25.2 Å². The van der Waals surface area contributed by atoms with E-state index >= 15 is 0 Å². The molecule has 2 N–H and O–H groups in total. The van der Waals surface area contributed by atoms with E-state index in [2.05, 4.69) is 5.32 Å². The zero-order valence-corrected chi connectivity index (χ0v) is 15.0. The third-order valence-electron chi connectivity index (χ3n) is 4.57. The molecule has 3 rings (SSSR count). The van der Waals surface area contributed by atoms with Crippen LogP contribution < -0.4 is 15.0 Å². The topological polar surface area (TPSA) is 96.6 Å². The predicted molar refractivity (Wildman–Crippen MR) is 91.0 cm³/mol. The Morgan fingerprint density at radius 2 is 2.20 bits per heavy atom. The van der Waals surface area contributed by atoms with Crippen molar-refractivity contribution in [3.8, 4) is 0 Å². The number of carbonyl (C=O) groups excluding carboxylic acids is 2. The van der Waals surface area contributed by atoms with Crippen LogP contribution in [0.3, 0.4) is 0 Å². The monoisotopic (exact) mass is 363 g/mol. The number of rotatable bonds is 7. The smallest absolute Gasteiger partial charge is 0.235 e. The first-order valence-electron chi connectivity index (χ1n) is 8.17. The van der Waals surface area contributed by atoms with E-state index in [1.807, 2.05) is 36.1 Å². The quantitative estimate of drug-likeness (QED) is 0.375. The second kappa shape index (κ2) is 7.05. The Morgan fingerprint density at radius 1 is 1.52 bits per heavy atom. The van der Waals surface area contributed by atoms with Crippen molar-refractivity contribution >= 4 is 29.3 Å². The number of pyridine rings is 1. The van der Waals surface area contributed by atoms with Crippen LogP contribution in [0.5, 0.6) is 0 Å². The highest BCUT2D eigenvalue weighted by atomic mass is 32.2. The third kappa shape index (κ3) is 3.36. The molecule has 3 heterocycles. The van der Waals surface area contributed by atoms with Gasteiger partial charge in [0.2, 0.25) is 5.91 Å². The summed E-state index contributed by atoms with van der Waals surface area (Å²) >= 11 is 1.42. The van der Waals surface area contributed by atoms with Crippen LogP contribution in [-0.2, 0) is 16.6 Å². The van der Waals surface area contributed by atoms with Crippen LogP contribution in [0.2, 0.25) is 0 Å². The zero-order chi connectivity index (χ0) is 18.1. The van der Waals surface area contributed by atoms with E-state index in [-0.39, 0.29) is 17.6 Å². The Morgan fingerprint density at radius 3 is 2.80 bits per heavy atom. The number of amides is 1. The number of hydrogen-bond acceptors (Lipinski definition) is 6. The normalized spacial score (nSPS) is 23.3. The molecule has 1 aromatic rings. The molecule has 0 saturated carbocycles. The molecule has 0 aromatic carbocycles. The second-order valence-electron chi connectivity index (χ2n) is 6.33. The minimum atomic E-state index is -1.33. The van der Waals surface area contributed by atoms with Gasteiger partial charge in [0.1, 0.15) is 7.05 Å². The maximum absolute atomic E-state index is 12.1. The van der Waals surface area contributed by atoms with Gasteiger partial charge in [-0.3, -0.25) is 4.79 Å². The van der Waals surface area contributed by atoms with E-state index in [1.54, 1.807) is 6.92 Å². The third-order valence-corrected chi connectivity index (χ3v) is 5.68. The number of carboxylic acids is 1. The molecule has 3 atom stereocenters. The second-order valence-corrected chi connectivity index (χ2v) is 7.52. The number of aliphatic hydroxyl groups excluding tert-OH is 1. The largest absolute Gasteiger partial charge is 0.543 e. The van der Waals surface area contributed by atoms with Crippen LogP contribution in [0, 0.1) is 5.92 Å². The van der Waals surface area contributed by atoms with Crippen LogP contribution in [0.4, 0.5) is 5.69 Å². The van der Waals surface area contributed by atoms with E-state index in [9.17, 15) is 19.8 Å². The van der Waals surface area contributed by atoms with Crippen molar-refractivity contribution in [2.75, 3.05) is 17.6 Å². The molecule has 2 aliphatic heterocycles. The molecule has 134 valence electrons. The number of nitrogens with one attached hydrogen (secondary N) is 1. The van der Waals surface area contributed by atoms with E-state index in [4.69, 9.17) is 0 Å². The number of β-lactam (4-membered cyclic amide) rings is 1. The van der Waals surface area contributed by atoms with Gasteiger partial charge in [-0.1, -0.05) is 0 Å². The maximum Gasteiger partial charge on any atom is 0.235 e. The van der Waals surface area contributed by atoms with Crippen molar-refractivity contribution in [3.05, 3.63) is 35.1 Å². The molecule has 1 saturated heterocycles. The molecule has 1 amide bonds. The molecule has 0 bridgehead atoms. The van der Waals surface area contributed by atoms with Gasteiger partial charge in [-0.05, 0) is 6.92 Å². The molecule has 1 unspecified atom stereocenters. The summed E-state index contributed by atoms with van der Waals surface area (Å²) in [6.45, 7) is 2.23. The summed E-state index contributed by atoms with van der Waals surface area (Å²) in [7, 11) is 1.94. The number of aliphatic carboxylic acids is 1. The predicted octanol–water partition coefficient (Wildman–Crippen LogP) is -0.771. The summed E-state index contributed by atoms with van der Waals surface area (Å²) in [5, 5.41) is 24.4. The van der Waals surface area contributed by atoms with E-state index < -0.39 is 18.0 Å². The van der Waals surface area contributed by atoms with E-state index in [1.165, 1.54) is 16.7 Å². The average molecular weight is 363 g/mol. The Labute approximate surface area is 150 Å². The highest BCUT2D eigenvalue weighted by Crippen LogP contribution is 2.46. The van der Waals surface area contributed by atoms with Crippen molar-refractivity contribution in [3.63, 3.8) is 0 Å². The number of aliphatic hydroxyl groups is 1. The molecular formula is C17H21N3O4S.